The zero-order valence-corrected chi connectivity index (χ0v) is 15.6. The minimum absolute atomic E-state index is 0.0275. The highest BCUT2D eigenvalue weighted by Crippen LogP contribution is 2.50. The molecule has 142 valence electrons. The van der Waals surface area contributed by atoms with E-state index in [1.54, 1.807) is 13.4 Å². The van der Waals surface area contributed by atoms with E-state index in [1.807, 2.05) is 36.4 Å². The average molecular weight is 367 g/mol. The minimum atomic E-state index is -0.401. The van der Waals surface area contributed by atoms with Gasteiger partial charge < -0.3 is 9.15 Å². The van der Waals surface area contributed by atoms with E-state index in [-0.39, 0.29) is 17.7 Å². The van der Waals surface area contributed by atoms with Gasteiger partial charge in [0.2, 0.25) is 11.8 Å². The second-order valence-electron chi connectivity index (χ2n) is 7.58. The molecule has 0 spiro atoms. The molecule has 2 amide bonds. The van der Waals surface area contributed by atoms with Crippen molar-refractivity contribution in [2.24, 2.45) is 5.92 Å². The van der Waals surface area contributed by atoms with Gasteiger partial charge in [-0.15, -0.1) is 0 Å². The molecule has 0 unspecified atom stereocenters. The van der Waals surface area contributed by atoms with Gasteiger partial charge in [-0.05, 0) is 42.7 Å². The molecule has 1 aliphatic heterocycles. The van der Waals surface area contributed by atoms with Crippen molar-refractivity contribution < 1.29 is 18.7 Å². The fourth-order valence-corrected chi connectivity index (χ4v) is 4.78. The molecule has 27 heavy (non-hydrogen) atoms. The number of hydrogen-bond donors (Lipinski definition) is 0. The fraction of sp³-hybridized carbons (Fsp3) is 0.455. The van der Waals surface area contributed by atoms with E-state index in [1.165, 1.54) is 4.90 Å². The second-order valence-corrected chi connectivity index (χ2v) is 7.58. The smallest absolute Gasteiger partial charge is 0.233 e. The zero-order chi connectivity index (χ0) is 18.9. The first kappa shape index (κ1) is 17.8. The molecule has 2 heterocycles. The summed E-state index contributed by atoms with van der Waals surface area (Å²) in [6.45, 7) is 0.385. The number of methoxy groups -OCH3 is 1. The van der Waals surface area contributed by atoms with Crippen molar-refractivity contribution in [3.8, 4) is 5.75 Å². The van der Waals surface area contributed by atoms with E-state index < -0.39 is 5.41 Å². The predicted molar refractivity (Wildman–Crippen MR) is 100 cm³/mol. The lowest BCUT2D eigenvalue weighted by Gasteiger charge is -2.49. The first-order chi connectivity index (χ1) is 13.1. The Morgan fingerprint density at radius 3 is 2.89 bits per heavy atom. The number of fused-ring (bicyclic) bond motifs is 1. The van der Waals surface area contributed by atoms with Gasteiger partial charge in [0, 0.05) is 30.7 Å². The van der Waals surface area contributed by atoms with Crippen LogP contribution in [0, 0.1) is 5.92 Å². The van der Waals surface area contributed by atoms with E-state index in [0.29, 0.717) is 19.4 Å². The van der Waals surface area contributed by atoms with Gasteiger partial charge in [0.1, 0.15) is 11.5 Å². The molecule has 1 saturated heterocycles. The third kappa shape index (κ3) is 3.15. The summed E-state index contributed by atoms with van der Waals surface area (Å²) in [5.41, 5.74) is 0.654. The Balaban J connectivity index is 1.63. The van der Waals surface area contributed by atoms with Crippen molar-refractivity contribution >= 4 is 11.8 Å². The number of carbonyl (C=O) groups excluding carboxylic acids is 2. The molecule has 2 atom stereocenters. The van der Waals surface area contributed by atoms with Gasteiger partial charge in [-0.2, -0.15) is 0 Å². The average Bonchev–Trinajstić information content (AvgIpc) is 3.21. The van der Waals surface area contributed by atoms with Crippen LogP contribution in [0.3, 0.4) is 0 Å². The highest BCUT2D eigenvalue weighted by atomic mass is 16.5. The number of nitrogens with zero attached hydrogens (tertiary/aromatic N) is 1. The molecule has 0 radical (unpaired) electrons. The number of hydrogen-bond acceptors (Lipinski definition) is 4. The van der Waals surface area contributed by atoms with Gasteiger partial charge in [0.25, 0.3) is 0 Å². The first-order valence-electron chi connectivity index (χ1n) is 9.65. The molecule has 0 bridgehead atoms. The van der Waals surface area contributed by atoms with E-state index in [9.17, 15) is 9.59 Å². The summed E-state index contributed by atoms with van der Waals surface area (Å²) in [6, 6.07) is 11.6. The number of ether oxygens (including phenoxy) is 1. The van der Waals surface area contributed by atoms with Crippen molar-refractivity contribution in [3.05, 3.63) is 54.0 Å². The van der Waals surface area contributed by atoms with Crippen molar-refractivity contribution in [2.45, 2.75) is 43.9 Å². The number of rotatable bonds is 5. The van der Waals surface area contributed by atoms with Gasteiger partial charge in [-0.3, -0.25) is 14.5 Å². The largest absolute Gasteiger partial charge is 0.497 e. The fourth-order valence-electron chi connectivity index (χ4n) is 4.78. The normalized spacial score (nSPS) is 25.4. The van der Waals surface area contributed by atoms with E-state index in [0.717, 1.165) is 42.8 Å². The van der Waals surface area contributed by atoms with Gasteiger partial charge >= 0.3 is 0 Å². The number of likely N-dealkylation sites (tertiary alicyclic amines) is 1. The molecule has 1 saturated carbocycles. The summed E-state index contributed by atoms with van der Waals surface area (Å²) in [4.78, 5) is 27.8. The first-order valence-corrected chi connectivity index (χ1v) is 9.65. The molecule has 5 nitrogen and oxygen atoms in total. The zero-order valence-electron chi connectivity index (χ0n) is 15.6. The Labute approximate surface area is 159 Å². The molecule has 2 aromatic rings. The van der Waals surface area contributed by atoms with Gasteiger partial charge in [-0.1, -0.05) is 25.0 Å². The number of imide groups is 1. The Morgan fingerprint density at radius 1 is 1.22 bits per heavy atom. The van der Waals surface area contributed by atoms with Crippen molar-refractivity contribution in [1.82, 2.24) is 4.90 Å². The van der Waals surface area contributed by atoms with E-state index in [2.05, 4.69) is 0 Å². The summed E-state index contributed by atoms with van der Waals surface area (Å²) < 4.78 is 10.7. The maximum absolute atomic E-state index is 13.3. The maximum atomic E-state index is 13.3. The van der Waals surface area contributed by atoms with E-state index in [4.69, 9.17) is 9.15 Å². The Hall–Kier alpha value is -2.56. The van der Waals surface area contributed by atoms with Crippen LogP contribution in [0.1, 0.15) is 43.4 Å². The predicted octanol–water partition coefficient (Wildman–Crippen LogP) is 3.72. The van der Waals surface area contributed by atoms with Crippen LogP contribution in [0.5, 0.6) is 5.75 Å². The Kier molecular flexibility index (Phi) is 4.77. The minimum Gasteiger partial charge on any atom is -0.497 e. The molecule has 2 fully saturated rings. The monoisotopic (exact) mass is 367 g/mol. The molecule has 5 heteroatoms. The topological polar surface area (TPSA) is 59.8 Å². The van der Waals surface area contributed by atoms with Crippen LogP contribution in [0.15, 0.2) is 47.1 Å². The molecule has 1 aromatic carbocycles. The molecule has 0 N–H and O–H groups in total. The lowest BCUT2D eigenvalue weighted by molar-refractivity contribution is -0.157. The van der Waals surface area contributed by atoms with Crippen LogP contribution >= 0.6 is 0 Å². The lowest BCUT2D eigenvalue weighted by Crippen LogP contribution is -2.57. The van der Waals surface area contributed by atoms with Crippen LogP contribution in [-0.2, 0) is 21.4 Å². The molecular weight excluding hydrogens is 342 g/mol. The quantitative estimate of drug-likeness (QED) is 0.756. The summed E-state index contributed by atoms with van der Waals surface area (Å²) in [7, 11) is 1.64. The molecule has 4 rings (SSSR count). The third-order valence-electron chi connectivity index (χ3n) is 6.17. The van der Waals surface area contributed by atoms with Crippen LogP contribution in [0.2, 0.25) is 0 Å². The van der Waals surface area contributed by atoms with Crippen molar-refractivity contribution in [2.75, 3.05) is 13.7 Å². The van der Waals surface area contributed by atoms with Crippen LogP contribution in [-0.4, -0.2) is 30.4 Å². The van der Waals surface area contributed by atoms with Crippen molar-refractivity contribution in [3.63, 3.8) is 0 Å². The second kappa shape index (κ2) is 7.22. The van der Waals surface area contributed by atoms with Gasteiger partial charge in [-0.25, -0.2) is 0 Å². The molecule has 2 aliphatic rings. The lowest BCUT2D eigenvalue weighted by atomic mass is 9.58. The SMILES string of the molecule is COc1cccc([C@]23CCCC[C@H]2C(=O)N(CCc2ccco2)C(=O)C3)c1. The summed E-state index contributed by atoms with van der Waals surface area (Å²) in [6.07, 6.45) is 6.33. The number of furan rings is 1. The number of piperidine rings is 1. The Morgan fingerprint density at radius 2 is 2.11 bits per heavy atom. The third-order valence-corrected chi connectivity index (χ3v) is 6.17. The molecule has 1 aromatic heterocycles. The molecular formula is C22H25NO4. The summed E-state index contributed by atoms with van der Waals surface area (Å²) in [5, 5.41) is 0. The summed E-state index contributed by atoms with van der Waals surface area (Å²) in [5.74, 6) is 1.32. The highest BCUT2D eigenvalue weighted by Gasteiger charge is 2.53. The maximum Gasteiger partial charge on any atom is 0.233 e. The van der Waals surface area contributed by atoms with Crippen LogP contribution in [0.25, 0.3) is 0 Å². The van der Waals surface area contributed by atoms with Gasteiger partial charge in [0.05, 0.1) is 13.4 Å². The van der Waals surface area contributed by atoms with Crippen LogP contribution < -0.4 is 4.74 Å². The Bertz CT molecular complexity index is 829. The summed E-state index contributed by atoms with van der Waals surface area (Å²) >= 11 is 0. The number of carbonyl (C=O) groups is 2. The van der Waals surface area contributed by atoms with E-state index >= 15 is 0 Å². The molecule has 1 aliphatic carbocycles. The van der Waals surface area contributed by atoms with Gasteiger partial charge in [0.15, 0.2) is 0 Å². The number of benzene rings is 1. The van der Waals surface area contributed by atoms with Crippen molar-refractivity contribution in [1.29, 1.82) is 0 Å². The standard InChI is InChI=1S/C22H25NO4/c1-26-18-7-4-6-16(14-18)22-11-3-2-9-19(22)21(25)23(20(24)15-22)12-10-17-8-5-13-27-17/h4-8,13-14,19H,2-3,9-12,15H2,1H3/t19-,22+/m0/s1. The number of amides is 2. The van der Waals surface area contributed by atoms with Crippen LogP contribution in [0.4, 0.5) is 0 Å². The highest BCUT2D eigenvalue weighted by molar-refractivity contribution is 6.01.